The lowest BCUT2D eigenvalue weighted by Crippen LogP contribution is -2.20. The van der Waals surface area contributed by atoms with E-state index in [1.807, 2.05) is 0 Å². The molecule has 0 aromatic rings. The van der Waals surface area contributed by atoms with Crippen LogP contribution in [-0.2, 0) is 4.79 Å². The summed E-state index contributed by atoms with van der Waals surface area (Å²) in [5, 5.41) is 14.5. The van der Waals surface area contributed by atoms with Gasteiger partial charge in [-0.05, 0) is 6.42 Å². The molecule has 0 unspecified atom stereocenters. The first kappa shape index (κ1) is 21.0. The molecule has 120 valence electrons. The monoisotopic (exact) mass is 287 g/mol. The van der Waals surface area contributed by atoms with Gasteiger partial charge < -0.3 is 16.6 Å². The molecule has 0 fully saturated rings. The van der Waals surface area contributed by atoms with Gasteiger partial charge in [0, 0.05) is 6.42 Å². The van der Waals surface area contributed by atoms with Crippen LogP contribution in [-0.4, -0.2) is 17.0 Å². The van der Waals surface area contributed by atoms with Crippen LogP contribution in [0.3, 0.4) is 0 Å². The number of carboxylic acids is 1. The van der Waals surface area contributed by atoms with Crippen LogP contribution in [0.25, 0.3) is 0 Å². The molecule has 0 rings (SSSR count). The minimum absolute atomic E-state index is 0.333. The average molecular weight is 287 g/mol. The molecule has 0 radical (unpaired) electrons. The van der Waals surface area contributed by atoms with Crippen LogP contribution in [0.5, 0.6) is 0 Å². The Morgan fingerprint density at radius 1 is 0.850 bits per heavy atom. The van der Waals surface area contributed by atoms with Crippen LogP contribution in [0.2, 0.25) is 0 Å². The molecule has 0 amide bonds. The zero-order valence-electron chi connectivity index (χ0n) is 13.0. The van der Waals surface area contributed by atoms with E-state index in [0.717, 1.165) is 12.8 Å². The van der Waals surface area contributed by atoms with Crippen molar-refractivity contribution in [2.45, 2.75) is 84.0 Å². The van der Waals surface area contributed by atoms with E-state index >= 15 is 0 Å². The maximum Gasteiger partial charge on any atom is 0.303 e. The quantitative estimate of drug-likeness (QED) is 0.249. The zero-order valence-corrected chi connectivity index (χ0v) is 13.0. The van der Waals surface area contributed by atoms with Crippen molar-refractivity contribution in [2.75, 3.05) is 0 Å². The van der Waals surface area contributed by atoms with Crippen molar-refractivity contribution < 1.29 is 9.90 Å². The number of hydrogen-bond acceptors (Lipinski definition) is 2. The second-order valence-electron chi connectivity index (χ2n) is 5.13. The van der Waals surface area contributed by atoms with Gasteiger partial charge in [-0.15, -0.1) is 0 Å². The van der Waals surface area contributed by atoms with Crippen molar-refractivity contribution in [1.82, 2.24) is 0 Å². The molecule has 0 aromatic heterocycles. The summed E-state index contributed by atoms with van der Waals surface area (Å²) in [4.78, 5) is 10.3. The van der Waals surface area contributed by atoms with E-state index < -0.39 is 5.97 Å². The van der Waals surface area contributed by atoms with Gasteiger partial charge in [-0.1, -0.05) is 71.1 Å². The van der Waals surface area contributed by atoms with Crippen LogP contribution in [0, 0.1) is 5.41 Å². The van der Waals surface area contributed by atoms with Gasteiger partial charge in [0.05, 0.1) is 0 Å². The Morgan fingerprint density at radius 2 is 1.15 bits per heavy atom. The van der Waals surface area contributed by atoms with E-state index in [-0.39, 0.29) is 5.96 Å². The molecule has 5 heteroatoms. The van der Waals surface area contributed by atoms with E-state index in [2.05, 4.69) is 18.4 Å². The Labute approximate surface area is 123 Å². The van der Waals surface area contributed by atoms with E-state index in [9.17, 15) is 4.79 Å². The molecule has 20 heavy (non-hydrogen) atoms. The number of carboxylic acid groups (broad SMARTS) is 1. The van der Waals surface area contributed by atoms with Gasteiger partial charge in [0.25, 0.3) is 0 Å². The predicted octanol–water partition coefficient (Wildman–Crippen LogP) is 3.61. The summed E-state index contributed by atoms with van der Waals surface area (Å²) in [5.41, 5.74) is 8.94. The molecule has 0 aliphatic carbocycles. The first-order valence-electron chi connectivity index (χ1n) is 7.82. The van der Waals surface area contributed by atoms with Crippen LogP contribution in [0.15, 0.2) is 0 Å². The zero-order chi connectivity index (χ0) is 15.6. The summed E-state index contributed by atoms with van der Waals surface area (Å²) < 4.78 is 0. The minimum atomic E-state index is -0.657. The van der Waals surface area contributed by atoms with Gasteiger partial charge in [-0.3, -0.25) is 10.2 Å². The lowest BCUT2D eigenvalue weighted by Gasteiger charge is -2.01. The molecule has 0 aliphatic rings. The van der Waals surface area contributed by atoms with Crippen LogP contribution in [0.1, 0.15) is 84.0 Å². The highest BCUT2D eigenvalue weighted by atomic mass is 16.4. The second kappa shape index (κ2) is 17.7. The third-order valence-electron chi connectivity index (χ3n) is 2.99. The first-order chi connectivity index (χ1) is 9.50. The highest BCUT2D eigenvalue weighted by Crippen LogP contribution is 2.11. The fourth-order valence-electron chi connectivity index (χ4n) is 1.94. The molecule has 0 aromatic carbocycles. The van der Waals surface area contributed by atoms with Crippen molar-refractivity contribution in [2.24, 2.45) is 11.5 Å². The molecule has 0 bridgehead atoms. The first-order valence-corrected chi connectivity index (χ1v) is 7.82. The lowest BCUT2D eigenvalue weighted by molar-refractivity contribution is -0.137. The summed E-state index contributed by atoms with van der Waals surface area (Å²) in [5.74, 6) is -0.990. The van der Waals surface area contributed by atoms with E-state index in [1.165, 1.54) is 57.8 Å². The molecule has 0 saturated heterocycles. The van der Waals surface area contributed by atoms with Crippen molar-refractivity contribution in [3.63, 3.8) is 0 Å². The molecule has 0 saturated carbocycles. The third-order valence-corrected chi connectivity index (χ3v) is 2.99. The molecule has 6 N–H and O–H groups in total. The Hall–Kier alpha value is -1.26. The van der Waals surface area contributed by atoms with Crippen LogP contribution >= 0.6 is 0 Å². The number of guanidine groups is 1. The highest BCUT2D eigenvalue weighted by molar-refractivity contribution is 5.71. The molecular weight excluding hydrogens is 254 g/mol. The normalized spacial score (nSPS) is 9.65. The average Bonchev–Trinajstić information content (AvgIpc) is 2.35. The van der Waals surface area contributed by atoms with Gasteiger partial charge >= 0.3 is 5.97 Å². The molecule has 0 spiro atoms. The van der Waals surface area contributed by atoms with E-state index in [1.54, 1.807) is 0 Å². The number of hydrogen-bond donors (Lipinski definition) is 4. The summed E-state index contributed by atoms with van der Waals surface area (Å²) in [6, 6.07) is 0. The summed E-state index contributed by atoms with van der Waals surface area (Å²) in [7, 11) is 0. The number of unbranched alkanes of at least 4 members (excludes halogenated alkanes) is 10. The van der Waals surface area contributed by atoms with Crippen LogP contribution in [0.4, 0.5) is 0 Å². The highest BCUT2D eigenvalue weighted by Gasteiger charge is 1.96. The smallest absolute Gasteiger partial charge is 0.303 e. The van der Waals surface area contributed by atoms with Crippen molar-refractivity contribution in [3.05, 3.63) is 0 Å². The third kappa shape index (κ3) is 30.1. The summed E-state index contributed by atoms with van der Waals surface area (Å²) >= 11 is 0. The topological polar surface area (TPSA) is 113 Å². The Bertz CT molecular complexity index is 229. The fraction of sp³-hybridized carbons (Fsp3) is 0.867. The number of nitrogens with one attached hydrogen (secondary N) is 1. The Balaban J connectivity index is 0. The van der Waals surface area contributed by atoms with E-state index in [4.69, 9.17) is 10.5 Å². The van der Waals surface area contributed by atoms with Gasteiger partial charge in [0.15, 0.2) is 5.96 Å². The van der Waals surface area contributed by atoms with Gasteiger partial charge in [-0.25, -0.2) is 0 Å². The molecule has 0 atom stereocenters. The number of nitrogens with two attached hydrogens (primary N) is 2. The maximum atomic E-state index is 10.3. The van der Waals surface area contributed by atoms with Gasteiger partial charge in [-0.2, -0.15) is 0 Å². The number of aliphatic carboxylic acids is 1. The van der Waals surface area contributed by atoms with Crippen molar-refractivity contribution in [3.8, 4) is 0 Å². The molecule has 5 nitrogen and oxygen atoms in total. The van der Waals surface area contributed by atoms with Gasteiger partial charge in [0.1, 0.15) is 0 Å². The van der Waals surface area contributed by atoms with Crippen molar-refractivity contribution >= 4 is 11.9 Å². The summed E-state index contributed by atoms with van der Waals surface area (Å²) in [6.45, 7) is 2.25. The standard InChI is InChI=1S/C14H28O2.CH5N3/c1-2-3-4-5-6-7-8-9-10-11-12-13-14(15)16;2-1(3)4/h2-13H2,1H3,(H,15,16);(H5,2,3,4). The van der Waals surface area contributed by atoms with Crippen LogP contribution < -0.4 is 11.5 Å². The van der Waals surface area contributed by atoms with E-state index in [0.29, 0.717) is 6.42 Å². The molecule has 0 aliphatic heterocycles. The summed E-state index contributed by atoms with van der Waals surface area (Å²) in [6.07, 6.45) is 14.4. The molecule has 0 heterocycles. The SMILES string of the molecule is CCCCCCCCCCCCCC(=O)O.N=C(N)N. The Morgan fingerprint density at radius 3 is 1.45 bits per heavy atom. The maximum absolute atomic E-state index is 10.3. The second-order valence-corrected chi connectivity index (χ2v) is 5.13. The number of carbonyl (C=O) groups is 1. The molecular formula is C15H33N3O2. The predicted molar refractivity (Wildman–Crippen MR) is 84.8 cm³/mol. The minimum Gasteiger partial charge on any atom is -0.481 e. The number of rotatable bonds is 12. The van der Waals surface area contributed by atoms with Gasteiger partial charge in [0.2, 0.25) is 0 Å². The lowest BCUT2D eigenvalue weighted by atomic mass is 10.1. The Kier molecular flexibility index (Phi) is 18.7. The fourth-order valence-corrected chi connectivity index (χ4v) is 1.94. The largest absolute Gasteiger partial charge is 0.481 e. The van der Waals surface area contributed by atoms with Crippen molar-refractivity contribution in [1.29, 1.82) is 5.41 Å².